The first-order valence-electron chi connectivity index (χ1n) is 16.6. The van der Waals surface area contributed by atoms with E-state index >= 15 is 0 Å². The molecule has 5 aromatic rings. The number of ether oxygens (including phenoxy) is 1. The maximum absolute atomic E-state index is 6.05. The van der Waals surface area contributed by atoms with Gasteiger partial charge < -0.3 is 23.7 Å². The van der Waals surface area contributed by atoms with Gasteiger partial charge in [-0.3, -0.25) is 18.0 Å². The molecule has 0 aliphatic carbocycles. The number of piperazine rings is 1. The summed E-state index contributed by atoms with van der Waals surface area (Å²) in [5.41, 5.74) is 7.03. The number of nitrogens with zero attached hydrogens (tertiary/aromatic N) is 10. The van der Waals surface area contributed by atoms with Gasteiger partial charge in [0.15, 0.2) is 5.82 Å². The third-order valence-electron chi connectivity index (χ3n) is 9.89. The summed E-state index contributed by atoms with van der Waals surface area (Å²) in [4.78, 5) is 30.2. The zero-order chi connectivity index (χ0) is 34.2. The molecular weight excluding hydrogens is 767 g/mol. The lowest BCUT2D eigenvalue weighted by Gasteiger charge is -2.43. The van der Waals surface area contributed by atoms with E-state index < -0.39 is 0 Å². The number of piperidine rings is 1. The Bertz CT molecular complexity index is 1940. The van der Waals surface area contributed by atoms with E-state index in [-0.39, 0.29) is 0 Å². The van der Waals surface area contributed by atoms with E-state index in [0.717, 1.165) is 63.0 Å². The first-order chi connectivity index (χ1) is 23.8. The quantitative estimate of drug-likeness (QED) is 0.0864. The van der Waals surface area contributed by atoms with Crippen molar-refractivity contribution in [2.24, 2.45) is 0 Å². The van der Waals surface area contributed by atoms with Crippen molar-refractivity contribution < 1.29 is 4.74 Å². The SMILES string of the molecule is COc1cc(N2CCC(N3CCN(C)CC3)CC2)c(C)cc1N(C)c1nc(N(I)c2ccc3nccnc3c2N(C)SC)c2ccsc2n1. The number of fused-ring (bicyclic) bond motifs is 2. The highest BCUT2D eigenvalue weighted by molar-refractivity contribution is 14.1. The lowest BCUT2D eigenvalue weighted by atomic mass is 10.0. The summed E-state index contributed by atoms with van der Waals surface area (Å²) in [6, 6.07) is 11.3. The first-order valence-corrected chi connectivity index (χ1v) is 19.6. The molecule has 2 fully saturated rings. The van der Waals surface area contributed by atoms with Gasteiger partial charge in [0.2, 0.25) is 5.95 Å². The molecule has 2 aromatic carbocycles. The number of hydrogen-bond acceptors (Lipinski definition) is 13. The Hall–Kier alpha value is -3.18. The van der Waals surface area contributed by atoms with Crippen molar-refractivity contribution in [2.45, 2.75) is 25.8 Å². The van der Waals surface area contributed by atoms with E-state index in [1.165, 1.54) is 50.3 Å². The number of thiophene rings is 1. The van der Waals surface area contributed by atoms with Crippen molar-refractivity contribution >= 4 is 102 Å². The van der Waals surface area contributed by atoms with Gasteiger partial charge >= 0.3 is 0 Å². The molecule has 0 radical (unpaired) electrons. The van der Waals surface area contributed by atoms with Crippen molar-refractivity contribution in [1.82, 2.24) is 29.7 Å². The van der Waals surface area contributed by atoms with Gasteiger partial charge in [0.1, 0.15) is 16.1 Å². The summed E-state index contributed by atoms with van der Waals surface area (Å²) < 4.78 is 10.3. The number of methoxy groups -OCH3 is 1. The largest absolute Gasteiger partial charge is 0.494 e. The second-order valence-electron chi connectivity index (χ2n) is 12.7. The molecule has 7 rings (SSSR count). The van der Waals surface area contributed by atoms with Gasteiger partial charge in [-0.2, -0.15) is 4.98 Å². The predicted octanol–water partition coefficient (Wildman–Crippen LogP) is 7.14. The second kappa shape index (κ2) is 14.6. The van der Waals surface area contributed by atoms with Gasteiger partial charge in [-0.25, -0.2) is 4.98 Å². The van der Waals surface area contributed by atoms with Crippen LogP contribution in [0.25, 0.3) is 21.3 Å². The van der Waals surface area contributed by atoms with E-state index in [2.05, 4.69) is 107 Å². The number of aryl methyl sites for hydroxylation is 1. The van der Waals surface area contributed by atoms with Crippen LogP contribution in [-0.2, 0) is 0 Å². The molecule has 0 bridgehead atoms. The summed E-state index contributed by atoms with van der Waals surface area (Å²) in [6.07, 6.45) is 7.91. The van der Waals surface area contributed by atoms with Crippen LogP contribution in [0.3, 0.4) is 0 Å². The van der Waals surface area contributed by atoms with Crippen LogP contribution >= 0.6 is 46.1 Å². The molecule has 0 amide bonds. The van der Waals surface area contributed by atoms with Gasteiger partial charge in [0, 0.05) is 89.8 Å². The third kappa shape index (κ3) is 6.69. The monoisotopic (exact) mass is 810 g/mol. The highest BCUT2D eigenvalue weighted by atomic mass is 127. The molecular formula is C35H43IN10OS2. The highest BCUT2D eigenvalue weighted by Crippen LogP contribution is 2.45. The topological polar surface area (TPSA) is 80.2 Å². The van der Waals surface area contributed by atoms with Gasteiger partial charge in [0.05, 0.1) is 57.9 Å². The summed E-state index contributed by atoms with van der Waals surface area (Å²) in [7, 11) is 8.05. The maximum Gasteiger partial charge on any atom is 0.233 e. The minimum absolute atomic E-state index is 0.602. The number of aromatic nitrogens is 4. The first kappa shape index (κ1) is 34.3. The number of hydrogen-bond donors (Lipinski definition) is 0. The third-order valence-corrected chi connectivity index (χ3v) is 12.4. The molecule has 0 N–H and O–H groups in total. The molecule has 2 aliphatic heterocycles. The van der Waals surface area contributed by atoms with Crippen LogP contribution in [0.1, 0.15) is 18.4 Å². The van der Waals surface area contributed by atoms with Gasteiger partial charge in [-0.15, -0.1) is 11.3 Å². The normalized spacial score (nSPS) is 16.4. The van der Waals surface area contributed by atoms with Crippen molar-refractivity contribution in [3.05, 3.63) is 53.7 Å². The van der Waals surface area contributed by atoms with Crippen LogP contribution in [0.15, 0.2) is 48.1 Å². The van der Waals surface area contributed by atoms with Gasteiger partial charge in [-0.1, -0.05) is 11.9 Å². The van der Waals surface area contributed by atoms with E-state index in [4.69, 9.17) is 19.7 Å². The number of halogens is 1. The van der Waals surface area contributed by atoms with Crippen molar-refractivity contribution in [3.8, 4) is 5.75 Å². The van der Waals surface area contributed by atoms with Crippen LogP contribution < -0.4 is 22.0 Å². The molecule has 14 heteroatoms. The number of anilines is 6. The van der Waals surface area contributed by atoms with Crippen LogP contribution in [0.2, 0.25) is 0 Å². The zero-order valence-electron chi connectivity index (χ0n) is 28.9. The lowest BCUT2D eigenvalue weighted by Crippen LogP contribution is -2.52. The Morgan fingerprint density at radius 1 is 0.959 bits per heavy atom. The second-order valence-corrected chi connectivity index (χ2v) is 15.5. The van der Waals surface area contributed by atoms with Gasteiger partial charge in [0.25, 0.3) is 0 Å². The Balaban J connectivity index is 1.19. The Kier molecular flexibility index (Phi) is 10.2. The van der Waals surface area contributed by atoms with Crippen LogP contribution in [-0.4, -0.2) is 110 Å². The van der Waals surface area contributed by atoms with Crippen molar-refractivity contribution in [1.29, 1.82) is 0 Å². The molecule has 0 saturated carbocycles. The van der Waals surface area contributed by atoms with E-state index in [0.29, 0.717) is 12.0 Å². The van der Waals surface area contributed by atoms with E-state index in [9.17, 15) is 0 Å². The Labute approximate surface area is 310 Å². The average Bonchev–Trinajstić information content (AvgIpc) is 3.62. The standard InChI is InChI=1S/C35H43IN10OS2/c1-23-21-29(30(47-5)22-28(23)45-14-9-24(10-15-45)44-18-16-41(2)17-19-44)42(3)35-39-33(25-11-20-49-34(25)40-35)46(36)27-8-7-26-31(38-13-12-37-26)32(27)43(4)48-6/h7-8,11-13,20-22,24H,9-10,14-19H2,1-6H3. The summed E-state index contributed by atoms with van der Waals surface area (Å²) in [6.45, 7) is 9.00. The van der Waals surface area contributed by atoms with E-state index in [1.54, 1.807) is 42.8 Å². The molecule has 11 nitrogen and oxygen atoms in total. The minimum Gasteiger partial charge on any atom is -0.494 e. The highest BCUT2D eigenvalue weighted by Gasteiger charge is 2.29. The molecule has 0 atom stereocenters. The number of likely N-dealkylation sites (N-methyl/N-ethyl adjacent to an activating group) is 1. The fraction of sp³-hybridized carbons (Fsp3) is 0.429. The zero-order valence-corrected chi connectivity index (χ0v) is 32.7. The summed E-state index contributed by atoms with van der Waals surface area (Å²) >= 11 is 5.60. The molecule has 3 aromatic heterocycles. The molecule has 0 spiro atoms. The molecule has 2 aliphatic rings. The smallest absolute Gasteiger partial charge is 0.233 e. The number of rotatable bonds is 9. The summed E-state index contributed by atoms with van der Waals surface area (Å²) in [5.74, 6) is 2.22. The number of benzene rings is 2. The maximum atomic E-state index is 6.05. The Morgan fingerprint density at radius 2 is 1.71 bits per heavy atom. The van der Waals surface area contributed by atoms with E-state index in [1.807, 2.05) is 18.0 Å². The van der Waals surface area contributed by atoms with Crippen molar-refractivity contribution in [2.75, 3.05) is 91.0 Å². The molecule has 0 unspecified atom stereocenters. The fourth-order valence-corrected chi connectivity index (χ4v) is 8.88. The molecule has 258 valence electrons. The molecule has 5 heterocycles. The molecule has 49 heavy (non-hydrogen) atoms. The van der Waals surface area contributed by atoms with Crippen LogP contribution in [0.4, 0.5) is 34.5 Å². The Morgan fingerprint density at radius 3 is 2.45 bits per heavy atom. The predicted molar refractivity (Wildman–Crippen MR) is 215 cm³/mol. The van der Waals surface area contributed by atoms with Gasteiger partial charge in [-0.05, 0) is 62.0 Å². The minimum atomic E-state index is 0.602. The van der Waals surface area contributed by atoms with Crippen LogP contribution in [0.5, 0.6) is 5.75 Å². The molecule has 2 saturated heterocycles. The van der Waals surface area contributed by atoms with Crippen molar-refractivity contribution in [3.63, 3.8) is 0 Å². The summed E-state index contributed by atoms with van der Waals surface area (Å²) in [5, 5.41) is 3.07. The lowest BCUT2D eigenvalue weighted by molar-refractivity contribution is 0.0982. The average molecular weight is 811 g/mol. The van der Waals surface area contributed by atoms with Crippen LogP contribution in [0, 0.1) is 6.92 Å². The fourth-order valence-electron chi connectivity index (χ4n) is 7.01.